The summed E-state index contributed by atoms with van der Waals surface area (Å²) in [6, 6.07) is 6.71. The number of nitrogens with one attached hydrogen (secondary N) is 1. The summed E-state index contributed by atoms with van der Waals surface area (Å²) in [5, 5.41) is 2.82. The van der Waals surface area contributed by atoms with Crippen LogP contribution in [-0.4, -0.2) is 17.9 Å². The van der Waals surface area contributed by atoms with Crippen LogP contribution in [0.2, 0.25) is 0 Å². The van der Waals surface area contributed by atoms with Gasteiger partial charge in [0, 0.05) is 23.2 Å². The number of carbonyl (C=O) groups excluding carboxylic acids is 2. The first-order valence-corrected chi connectivity index (χ1v) is 6.86. The van der Waals surface area contributed by atoms with Crippen molar-refractivity contribution in [3.05, 3.63) is 29.8 Å². The van der Waals surface area contributed by atoms with Gasteiger partial charge in [-0.2, -0.15) is 0 Å². The Kier molecular flexibility index (Phi) is 6.18. The van der Waals surface area contributed by atoms with Crippen molar-refractivity contribution >= 4 is 17.5 Å². The molecule has 0 aliphatic carbocycles. The number of carbonyl (C=O) groups is 2. The fourth-order valence-electron chi connectivity index (χ4n) is 1.86. The van der Waals surface area contributed by atoms with E-state index < -0.39 is 5.91 Å². The molecule has 2 unspecified atom stereocenters. The van der Waals surface area contributed by atoms with Crippen LogP contribution >= 0.6 is 0 Å². The Morgan fingerprint density at radius 3 is 2.25 bits per heavy atom. The summed E-state index contributed by atoms with van der Waals surface area (Å²) >= 11 is 0. The van der Waals surface area contributed by atoms with Crippen LogP contribution in [0, 0.1) is 5.92 Å². The molecule has 1 aromatic carbocycles. The lowest BCUT2D eigenvalue weighted by Gasteiger charge is -2.13. The highest BCUT2D eigenvalue weighted by Crippen LogP contribution is 2.14. The van der Waals surface area contributed by atoms with Gasteiger partial charge in [0.15, 0.2) is 0 Å². The third-order valence-corrected chi connectivity index (χ3v) is 3.18. The molecule has 0 fully saturated rings. The number of primary amides is 1. The molecule has 2 amide bonds. The molecule has 0 heterocycles. The largest absolute Gasteiger partial charge is 0.366 e. The first-order chi connectivity index (χ1) is 9.40. The molecular formula is C15H23N3O2. The zero-order chi connectivity index (χ0) is 15.1. The average Bonchev–Trinajstić information content (AvgIpc) is 2.38. The highest BCUT2D eigenvalue weighted by molar-refractivity contribution is 5.95. The van der Waals surface area contributed by atoms with Crippen LogP contribution in [0.1, 0.15) is 43.5 Å². The SMILES string of the molecule is CC(N)CCCC(C)C(=O)Nc1ccc(C(N)=O)cc1. The number of anilines is 1. The van der Waals surface area contributed by atoms with Crippen molar-refractivity contribution < 1.29 is 9.59 Å². The molecule has 0 bridgehead atoms. The standard InChI is InChI=1S/C15H23N3O2/c1-10(4-3-5-11(2)16)15(20)18-13-8-6-12(7-9-13)14(17)19/h6-11H,3-5,16H2,1-2H3,(H2,17,19)(H,18,20). The van der Waals surface area contributed by atoms with Crippen molar-refractivity contribution in [2.45, 2.75) is 39.2 Å². The molecule has 20 heavy (non-hydrogen) atoms. The first kappa shape index (κ1) is 16.2. The van der Waals surface area contributed by atoms with Gasteiger partial charge in [-0.1, -0.05) is 13.3 Å². The van der Waals surface area contributed by atoms with Crippen LogP contribution in [0.4, 0.5) is 5.69 Å². The van der Waals surface area contributed by atoms with Crippen LogP contribution in [0.15, 0.2) is 24.3 Å². The Morgan fingerprint density at radius 1 is 1.15 bits per heavy atom. The van der Waals surface area contributed by atoms with E-state index >= 15 is 0 Å². The smallest absolute Gasteiger partial charge is 0.248 e. The summed E-state index contributed by atoms with van der Waals surface area (Å²) in [4.78, 5) is 22.9. The minimum absolute atomic E-state index is 0.0264. The fraction of sp³-hybridized carbons (Fsp3) is 0.467. The minimum atomic E-state index is -0.479. The van der Waals surface area contributed by atoms with E-state index in [0.717, 1.165) is 19.3 Å². The Bertz CT molecular complexity index is 455. The molecule has 5 nitrogen and oxygen atoms in total. The molecule has 5 N–H and O–H groups in total. The molecular weight excluding hydrogens is 254 g/mol. The van der Waals surface area contributed by atoms with Crippen LogP contribution in [0.3, 0.4) is 0 Å². The van der Waals surface area contributed by atoms with Gasteiger partial charge in [0.25, 0.3) is 0 Å². The van der Waals surface area contributed by atoms with E-state index in [-0.39, 0.29) is 17.9 Å². The summed E-state index contributed by atoms with van der Waals surface area (Å²) in [6.45, 7) is 3.86. The molecule has 0 saturated heterocycles. The van der Waals surface area contributed by atoms with Gasteiger partial charge in [-0.25, -0.2) is 0 Å². The predicted octanol–water partition coefficient (Wildman–Crippen LogP) is 1.88. The summed E-state index contributed by atoms with van der Waals surface area (Å²) < 4.78 is 0. The van der Waals surface area contributed by atoms with E-state index in [0.29, 0.717) is 11.3 Å². The van der Waals surface area contributed by atoms with Crippen molar-refractivity contribution in [2.75, 3.05) is 5.32 Å². The van der Waals surface area contributed by atoms with Gasteiger partial charge in [0.1, 0.15) is 0 Å². The van der Waals surface area contributed by atoms with Crippen molar-refractivity contribution in [1.82, 2.24) is 0 Å². The van der Waals surface area contributed by atoms with E-state index in [1.165, 1.54) is 0 Å². The van der Waals surface area contributed by atoms with Crippen molar-refractivity contribution in [3.63, 3.8) is 0 Å². The molecule has 1 aromatic rings. The Morgan fingerprint density at radius 2 is 1.75 bits per heavy atom. The van der Waals surface area contributed by atoms with E-state index in [1.807, 2.05) is 13.8 Å². The zero-order valence-electron chi connectivity index (χ0n) is 12.1. The topological polar surface area (TPSA) is 98.2 Å². The number of amides is 2. The Labute approximate surface area is 119 Å². The number of hydrogen-bond acceptors (Lipinski definition) is 3. The summed E-state index contributed by atoms with van der Waals surface area (Å²) in [5.74, 6) is -0.571. The molecule has 0 saturated carbocycles. The summed E-state index contributed by atoms with van der Waals surface area (Å²) in [5.41, 5.74) is 11.9. The second kappa shape index (κ2) is 7.65. The maximum atomic E-state index is 12.0. The third kappa shape index (κ3) is 5.40. The van der Waals surface area contributed by atoms with Gasteiger partial charge < -0.3 is 16.8 Å². The molecule has 5 heteroatoms. The summed E-state index contributed by atoms with van der Waals surface area (Å²) in [6.07, 6.45) is 2.67. The number of benzene rings is 1. The fourth-order valence-corrected chi connectivity index (χ4v) is 1.86. The average molecular weight is 277 g/mol. The van der Waals surface area contributed by atoms with E-state index in [2.05, 4.69) is 5.32 Å². The van der Waals surface area contributed by atoms with Crippen LogP contribution < -0.4 is 16.8 Å². The molecule has 110 valence electrons. The first-order valence-electron chi connectivity index (χ1n) is 6.86. The molecule has 0 aliphatic rings. The maximum absolute atomic E-state index is 12.0. The van der Waals surface area contributed by atoms with Gasteiger partial charge in [0.2, 0.25) is 11.8 Å². The molecule has 2 atom stereocenters. The molecule has 0 aliphatic heterocycles. The second-order valence-corrected chi connectivity index (χ2v) is 5.24. The lowest BCUT2D eigenvalue weighted by atomic mass is 10.0. The lowest BCUT2D eigenvalue weighted by molar-refractivity contribution is -0.119. The van der Waals surface area contributed by atoms with Crippen molar-refractivity contribution in [2.24, 2.45) is 17.4 Å². The molecule has 0 aromatic heterocycles. The third-order valence-electron chi connectivity index (χ3n) is 3.18. The minimum Gasteiger partial charge on any atom is -0.366 e. The van der Waals surface area contributed by atoms with Gasteiger partial charge in [-0.3, -0.25) is 9.59 Å². The van der Waals surface area contributed by atoms with Crippen LogP contribution in [0.25, 0.3) is 0 Å². The van der Waals surface area contributed by atoms with Crippen molar-refractivity contribution in [3.8, 4) is 0 Å². The normalized spacial score (nSPS) is 13.6. The molecule has 0 radical (unpaired) electrons. The van der Waals surface area contributed by atoms with Crippen LogP contribution in [0.5, 0.6) is 0 Å². The Balaban J connectivity index is 2.46. The number of hydrogen-bond donors (Lipinski definition) is 3. The molecule has 1 rings (SSSR count). The van der Waals surface area contributed by atoms with Crippen LogP contribution in [-0.2, 0) is 4.79 Å². The quantitative estimate of drug-likeness (QED) is 0.709. The van der Waals surface area contributed by atoms with Gasteiger partial charge in [-0.15, -0.1) is 0 Å². The second-order valence-electron chi connectivity index (χ2n) is 5.24. The molecule has 0 spiro atoms. The van der Waals surface area contributed by atoms with E-state index in [4.69, 9.17) is 11.5 Å². The lowest BCUT2D eigenvalue weighted by Crippen LogP contribution is -2.21. The van der Waals surface area contributed by atoms with Gasteiger partial charge >= 0.3 is 0 Å². The number of rotatable bonds is 7. The van der Waals surface area contributed by atoms with Gasteiger partial charge in [-0.05, 0) is 44.0 Å². The highest BCUT2D eigenvalue weighted by atomic mass is 16.2. The zero-order valence-corrected chi connectivity index (χ0v) is 12.1. The van der Waals surface area contributed by atoms with Gasteiger partial charge in [0.05, 0.1) is 0 Å². The maximum Gasteiger partial charge on any atom is 0.248 e. The van der Waals surface area contributed by atoms with Crippen molar-refractivity contribution in [1.29, 1.82) is 0 Å². The summed E-state index contributed by atoms with van der Waals surface area (Å²) in [7, 11) is 0. The Hall–Kier alpha value is -1.88. The highest BCUT2D eigenvalue weighted by Gasteiger charge is 2.13. The van der Waals surface area contributed by atoms with E-state index in [1.54, 1.807) is 24.3 Å². The predicted molar refractivity (Wildman–Crippen MR) is 80.3 cm³/mol. The monoisotopic (exact) mass is 277 g/mol. The number of nitrogens with two attached hydrogens (primary N) is 2. The van der Waals surface area contributed by atoms with E-state index in [9.17, 15) is 9.59 Å².